The Labute approximate surface area is 168 Å². The Bertz CT molecular complexity index is 1180. The molecule has 28 heavy (non-hydrogen) atoms. The molecule has 3 aromatic rings. The van der Waals surface area contributed by atoms with Crippen LogP contribution in [0.4, 0.5) is 28.8 Å². The second kappa shape index (κ2) is 7.77. The fraction of sp³-hybridized carbons (Fsp3) is 0.222. The summed E-state index contributed by atoms with van der Waals surface area (Å²) in [5.41, 5.74) is 1.02. The summed E-state index contributed by atoms with van der Waals surface area (Å²) in [7, 11) is -4.08. The first-order valence-corrected chi connectivity index (χ1v) is 10.1. The van der Waals surface area contributed by atoms with Crippen molar-refractivity contribution in [3.8, 4) is 0 Å². The van der Waals surface area contributed by atoms with Crippen molar-refractivity contribution in [3.05, 3.63) is 54.2 Å². The summed E-state index contributed by atoms with van der Waals surface area (Å²) >= 11 is 0. The van der Waals surface area contributed by atoms with Gasteiger partial charge in [-0.05, 0) is 26.0 Å². The Kier molecular flexibility index (Phi) is 4.37. The predicted octanol–water partition coefficient (Wildman–Crippen LogP) is 2.77. The van der Waals surface area contributed by atoms with E-state index in [4.69, 9.17) is 4.11 Å². The number of benzene rings is 1. The highest BCUT2D eigenvalue weighted by atomic mass is 32.2. The number of sulfonamides is 1. The summed E-state index contributed by atoms with van der Waals surface area (Å²) in [5, 5.41) is 6.03. The minimum atomic E-state index is -4.08. The Morgan fingerprint density at radius 1 is 1.00 bits per heavy atom. The van der Waals surface area contributed by atoms with Crippen molar-refractivity contribution < 1.29 is 12.5 Å². The van der Waals surface area contributed by atoms with E-state index in [2.05, 4.69) is 30.6 Å². The lowest BCUT2D eigenvalue weighted by Crippen LogP contribution is -2.25. The molecule has 0 aliphatic rings. The maximum absolute atomic E-state index is 12.2. The van der Waals surface area contributed by atoms with Gasteiger partial charge in [0.25, 0.3) is 0 Å². The predicted molar refractivity (Wildman–Crippen MR) is 110 cm³/mol. The van der Waals surface area contributed by atoms with E-state index in [1.54, 1.807) is 37.3 Å². The molecule has 2 heterocycles. The van der Waals surface area contributed by atoms with Crippen LogP contribution in [0.5, 0.6) is 0 Å². The zero-order chi connectivity index (χ0) is 22.8. The number of nitrogens with zero attached hydrogens (tertiary/aromatic N) is 5. The number of aromatic nitrogens is 4. The van der Waals surface area contributed by atoms with Crippen LogP contribution in [0.1, 0.15) is 15.6 Å². The third-order valence-corrected chi connectivity index (χ3v) is 4.47. The van der Waals surface area contributed by atoms with E-state index in [1.165, 1.54) is 12.4 Å². The molecule has 2 aromatic heterocycles. The van der Waals surface area contributed by atoms with Gasteiger partial charge in [-0.1, -0.05) is 12.1 Å². The summed E-state index contributed by atoms with van der Waals surface area (Å²) in [4.78, 5) is 16.8. The van der Waals surface area contributed by atoms with Gasteiger partial charge < -0.3 is 10.6 Å². The Morgan fingerprint density at radius 3 is 2.39 bits per heavy atom. The number of nitrogens with one attached hydrogen (secondary N) is 2. The molecule has 0 saturated carbocycles. The van der Waals surface area contributed by atoms with Gasteiger partial charge in [-0.25, -0.2) is 28.4 Å². The molecule has 1 aromatic carbocycles. The van der Waals surface area contributed by atoms with Crippen LogP contribution in [0.2, 0.25) is 0 Å². The molecule has 0 bridgehead atoms. The molecule has 10 heteroatoms. The molecule has 0 unspecified atom stereocenters. The molecule has 9 nitrogen and oxygen atoms in total. The van der Waals surface area contributed by atoms with Gasteiger partial charge in [-0.15, -0.1) is 0 Å². The highest BCUT2D eigenvalue weighted by Gasteiger charge is 2.16. The maximum atomic E-state index is 12.2. The molecule has 0 saturated heterocycles. The van der Waals surface area contributed by atoms with Crippen molar-refractivity contribution in [2.45, 2.75) is 13.8 Å². The Hall–Kier alpha value is -3.27. The zero-order valence-corrected chi connectivity index (χ0v) is 16.3. The second-order valence-corrected chi connectivity index (χ2v) is 7.86. The number of hydrogen-bond donors (Lipinski definition) is 2. The van der Waals surface area contributed by atoms with Crippen molar-refractivity contribution in [2.75, 3.05) is 28.2 Å². The minimum Gasteiger partial charge on any atom is -0.338 e. The van der Waals surface area contributed by atoms with Crippen molar-refractivity contribution in [3.63, 3.8) is 0 Å². The van der Waals surface area contributed by atoms with Gasteiger partial charge in [-0.2, -0.15) is 0 Å². The largest absolute Gasteiger partial charge is 0.338 e. The van der Waals surface area contributed by atoms with E-state index in [9.17, 15) is 8.42 Å². The molecule has 0 aliphatic heterocycles. The number of anilines is 5. The first kappa shape index (κ1) is 15.8. The second-order valence-electron chi connectivity index (χ2n) is 6.02. The van der Waals surface area contributed by atoms with Crippen LogP contribution in [0.3, 0.4) is 0 Å². The van der Waals surface area contributed by atoms with E-state index in [0.717, 1.165) is 11.9 Å². The fourth-order valence-corrected chi connectivity index (χ4v) is 3.00. The third kappa shape index (κ3) is 4.71. The van der Waals surface area contributed by atoms with Crippen LogP contribution in [0.25, 0.3) is 0 Å². The van der Waals surface area contributed by atoms with Crippen molar-refractivity contribution in [2.24, 2.45) is 0 Å². The van der Waals surface area contributed by atoms with Crippen LogP contribution in [0, 0.1) is 13.8 Å². The number of rotatable bonds is 6. The van der Waals surface area contributed by atoms with Gasteiger partial charge in [0.2, 0.25) is 10.0 Å². The topological polar surface area (TPSA) is 113 Å². The standard InChI is InChI=1S/C18H21N7O2S/c1-12-9-18(22-13(2)21-12)24-17-10-16(19-11-20-17)23-14-7-5-6-8-15(14)25(3)28(4,26)27/h5-11H,1-4H3,(H2,19,20,21,22,23,24)/i3D3. The van der Waals surface area contributed by atoms with E-state index >= 15 is 0 Å². The van der Waals surface area contributed by atoms with Crippen LogP contribution in [-0.2, 0) is 10.0 Å². The molecule has 0 radical (unpaired) electrons. The molecule has 0 atom stereocenters. The first-order valence-electron chi connectivity index (χ1n) is 9.71. The van der Waals surface area contributed by atoms with E-state index < -0.39 is 17.0 Å². The van der Waals surface area contributed by atoms with Crippen LogP contribution >= 0.6 is 0 Å². The van der Waals surface area contributed by atoms with E-state index in [1.807, 2.05) is 6.92 Å². The van der Waals surface area contributed by atoms with Gasteiger partial charge in [0.05, 0.1) is 17.6 Å². The summed E-state index contributed by atoms with van der Waals surface area (Å²) in [6, 6.07) is 9.52. The third-order valence-electron chi connectivity index (χ3n) is 3.61. The highest BCUT2D eigenvalue weighted by molar-refractivity contribution is 7.92. The average Bonchev–Trinajstić information content (AvgIpc) is 2.60. The number of aryl methyl sites for hydroxylation is 2. The minimum absolute atomic E-state index is 0.0276. The highest BCUT2D eigenvalue weighted by Crippen LogP contribution is 2.29. The van der Waals surface area contributed by atoms with Gasteiger partial charge in [0.1, 0.15) is 29.6 Å². The van der Waals surface area contributed by atoms with Gasteiger partial charge >= 0.3 is 0 Å². The molecule has 0 fully saturated rings. The molecule has 0 aliphatic carbocycles. The van der Waals surface area contributed by atoms with Crippen molar-refractivity contribution in [1.29, 1.82) is 0 Å². The smallest absolute Gasteiger partial charge is 0.232 e. The summed E-state index contributed by atoms with van der Waals surface area (Å²) in [6.07, 6.45) is 2.15. The summed E-state index contributed by atoms with van der Waals surface area (Å²) in [5.74, 6) is 1.92. The molecular formula is C18H21N7O2S. The summed E-state index contributed by atoms with van der Waals surface area (Å²) in [6.45, 7) is 0.731. The van der Waals surface area contributed by atoms with Crippen molar-refractivity contribution in [1.82, 2.24) is 19.9 Å². The lowest BCUT2D eigenvalue weighted by molar-refractivity contribution is 0.600. The average molecular weight is 402 g/mol. The molecular weight excluding hydrogens is 378 g/mol. The van der Waals surface area contributed by atoms with Gasteiger partial charge in [0, 0.05) is 28.9 Å². The summed E-state index contributed by atoms with van der Waals surface area (Å²) < 4.78 is 47.7. The number of hydrogen-bond acceptors (Lipinski definition) is 8. The van der Waals surface area contributed by atoms with Gasteiger partial charge in [-0.3, -0.25) is 4.31 Å². The monoisotopic (exact) mass is 402 g/mol. The van der Waals surface area contributed by atoms with Crippen LogP contribution in [0.15, 0.2) is 42.7 Å². The zero-order valence-electron chi connectivity index (χ0n) is 18.5. The lowest BCUT2D eigenvalue weighted by Gasteiger charge is -2.20. The lowest BCUT2D eigenvalue weighted by atomic mass is 10.2. The molecule has 0 spiro atoms. The van der Waals surface area contributed by atoms with Crippen molar-refractivity contribution >= 4 is 38.9 Å². The Morgan fingerprint density at radius 2 is 1.71 bits per heavy atom. The van der Waals surface area contributed by atoms with Crippen LogP contribution in [-0.4, -0.2) is 41.6 Å². The molecule has 0 amide bonds. The number of para-hydroxylation sites is 2. The molecule has 2 N–H and O–H groups in total. The maximum Gasteiger partial charge on any atom is 0.232 e. The van der Waals surface area contributed by atoms with E-state index in [0.29, 0.717) is 27.6 Å². The van der Waals surface area contributed by atoms with Crippen LogP contribution < -0.4 is 14.9 Å². The van der Waals surface area contributed by atoms with Gasteiger partial charge in [0.15, 0.2) is 0 Å². The Balaban J connectivity index is 1.93. The SMILES string of the molecule is [2H]C([2H])([2H])N(c1ccccc1Nc1cc(Nc2cc(C)nc(C)n2)ncn1)S(C)(=O)=O. The molecule has 146 valence electrons. The fourth-order valence-electron chi connectivity index (χ4n) is 2.48. The normalized spacial score (nSPS) is 13.2. The quantitative estimate of drug-likeness (QED) is 0.647. The first-order chi connectivity index (χ1) is 14.4. The van der Waals surface area contributed by atoms with E-state index in [-0.39, 0.29) is 11.4 Å². The molecule has 3 rings (SSSR count).